The van der Waals surface area contributed by atoms with Gasteiger partial charge in [0.2, 0.25) is 5.76 Å². The number of carbonyl (C=O) groups excluding carboxylic acids is 3. The molecule has 152 valence electrons. The lowest BCUT2D eigenvalue weighted by Gasteiger charge is -2.10. The number of methoxy groups -OCH3 is 2. The minimum Gasteiger partial charge on any atom is -0.493 e. The number of carbonyl (C=O) groups is 3. The molecule has 0 saturated carbocycles. The van der Waals surface area contributed by atoms with Gasteiger partial charge < -0.3 is 18.6 Å². The molecule has 3 rings (SSSR count). The van der Waals surface area contributed by atoms with Crippen LogP contribution in [-0.2, 0) is 16.1 Å². The van der Waals surface area contributed by atoms with E-state index in [2.05, 4.69) is 4.74 Å². The van der Waals surface area contributed by atoms with E-state index >= 15 is 0 Å². The zero-order chi connectivity index (χ0) is 21.0. The number of nitrogens with zero attached hydrogens (tertiary/aromatic N) is 1. The van der Waals surface area contributed by atoms with E-state index in [0.717, 1.165) is 16.7 Å². The van der Waals surface area contributed by atoms with Gasteiger partial charge in [0.1, 0.15) is 5.76 Å². The first kappa shape index (κ1) is 20.5. The third-order valence-electron chi connectivity index (χ3n) is 4.02. The molecule has 1 saturated heterocycles. The number of benzene rings is 1. The van der Waals surface area contributed by atoms with E-state index in [1.165, 1.54) is 26.4 Å². The fourth-order valence-corrected chi connectivity index (χ4v) is 3.50. The van der Waals surface area contributed by atoms with Gasteiger partial charge in [-0.05, 0) is 54.6 Å². The zero-order valence-corrected chi connectivity index (χ0v) is 16.9. The molecule has 0 spiro atoms. The Kier molecular flexibility index (Phi) is 6.28. The first-order chi connectivity index (χ1) is 14.0. The van der Waals surface area contributed by atoms with Crippen molar-refractivity contribution >= 4 is 35.0 Å². The summed E-state index contributed by atoms with van der Waals surface area (Å²) in [4.78, 5) is 37.8. The van der Waals surface area contributed by atoms with Gasteiger partial charge in [0.25, 0.3) is 11.1 Å². The van der Waals surface area contributed by atoms with E-state index < -0.39 is 17.1 Å². The molecule has 8 nitrogen and oxygen atoms in total. The number of ether oxygens (including phenoxy) is 3. The van der Waals surface area contributed by atoms with Gasteiger partial charge in [0, 0.05) is 0 Å². The fourth-order valence-electron chi connectivity index (χ4n) is 2.67. The van der Waals surface area contributed by atoms with Crippen molar-refractivity contribution in [2.75, 3.05) is 20.8 Å². The van der Waals surface area contributed by atoms with Crippen LogP contribution in [0.2, 0.25) is 0 Å². The summed E-state index contributed by atoms with van der Waals surface area (Å²) in [6, 6.07) is 8.21. The Bertz CT molecular complexity index is 979. The van der Waals surface area contributed by atoms with Crippen molar-refractivity contribution in [2.24, 2.45) is 0 Å². The van der Waals surface area contributed by atoms with Gasteiger partial charge in [-0.25, -0.2) is 4.79 Å². The second kappa shape index (κ2) is 8.87. The number of esters is 1. The number of hydrogen-bond acceptors (Lipinski definition) is 8. The Morgan fingerprint density at radius 2 is 1.97 bits per heavy atom. The quantitative estimate of drug-likeness (QED) is 0.497. The number of furan rings is 1. The molecule has 1 aromatic heterocycles. The van der Waals surface area contributed by atoms with Crippen molar-refractivity contribution in [3.8, 4) is 11.5 Å². The lowest BCUT2D eigenvalue weighted by atomic mass is 10.2. The third kappa shape index (κ3) is 4.45. The Hall–Kier alpha value is -3.20. The highest BCUT2D eigenvalue weighted by Crippen LogP contribution is 2.35. The fraction of sp³-hybridized carbons (Fsp3) is 0.250. The van der Waals surface area contributed by atoms with E-state index in [1.54, 1.807) is 24.3 Å². The summed E-state index contributed by atoms with van der Waals surface area (Å²) in [6.07, 6.45) is 1.62. The highest BCUT2D eigenvalue weighted by atomic mass is 32.2. The Morgan fingerprint density at radius 3 is 2.66 bits per heavy atom. The summed E-state index contributed by atoms with van der Waals surface area (Å²) >= 11 is 0.835. The summed E-state index contributed by atoms with van der Waals surface area (Å²) < 4.78 is 20.7. The molecule has 1 aromatic carbocycles. The van der Waals surface area contributed by atoms with Gasteiger partial charge in [-0.1, -0.05) is 6.07 Å². The van der Waals surface area contributed by atoms with Gasteiger partial charge >= 0.3 is 5.97 Å². The average Bonchev–Trinajstić information content (AvgIpc) is 3.29. The van der Waals surface area contributed by atoms with Crippen LogP contribution in [0, 0.1) is 0 Å². The van der Waals surface area contributed by atoms with E-state index in [-0.39, 0.29) is 17.2 Å². The van der Waals surface area contributed by atoms with Crippen LogP contribution in [0.25, 0.3) is 6.08 Å². The zero-order valence-electron chi connectivity index (χ0n) is 16.1. The highest BCUT2D eigenvalue weighted by molar-refractivity contribution is 8.18. The maximum atomic E-state index is 12.7. The predicted octanol–water partition coefficient (Wildman–Crippen LogP) is 3.71. The SMILES string of the molecule is CCOc1ccc(/C=C2/SC(=O)N(Cc3ccc(C(=O)OC)o3)C2=O)cc1OC. The predicted molar refractivity (Wildman–Crippen MR) is 106 cm³/mol. The molecule has 0 radical (unpaired) electrons. The maximum absolute atomic E-state index is 12.7. The molecule has 1 fully saturated rings. The number of thioether (sulfide) groups is 1. The van der Waals surface area contributed by atoms with Crippen molar-refractivity contribution in [1.82, 2.24) is 4.90 Å². The van der Waals surface area contributed by atoms with Gasteiger partial charge in [-0.15, -0.1) is 0 Å². The molecular formula is C20H19NO7S. The van der Waals surface area contributed by atoms with Crippen molar-refractivity contribution in [3.05, 3.63) is 52.3 Å². The molecule has 29 heavy (non-hydrogen) atoms. The smallest absolute Gasteiger partial charge is 0.373 e. The Labute approximate surface area is 171 Å². The topological polar surface area (TPSA) is 95.3 Å². The first-order valence-electron chi connectivity index (χ1n) is 8.70. The van der Waals surface area contributed by atoms with Crippen LogP contribution < -0.4 is 9.47 Å². The normalized spacial score (nSPS) is 15.1. The number of rotatable bonds is 7. The number of hydrogen-bond donors (Lipinski definition) is 0. The summed E-state index contributed by atoms with van der Waals surface area (Å²) in [5.74, 6) is 0.368. The van der Waals surface area contributed by atoms with Crippen LogP contribution in [0.15, 0.2) is 39.7 Å². The van der Waals surface area contributed by atoms with Crippen LogP contribution in [0.5, 0.6) is 11.5 Å². The maximum Gasteiger partial charge on any atom is 0.373 e. The average molecular weight is 417 g/mol. The summed E-state index contributed by atoms with van der Waals surface area (Å²) in [7, 11) is 2.77. The monoisotopic (exact) mass is 417 g/mol. The van der Waals surface area contributed by atoms with E-state index in [4.69, 9.17) is 13.9 Å². The molecule has 2 amide bonds. The van der Waals surface area contributed by atoms with Crippen molar-refractivity contribution in [3.63, 3.8) is 0 Å². The first-order valence-corrected chi connectivity index (χ1v) is 9.51. The summed E-state index contributed by atoms with van der Waals surface area (Å²) in [5.41, 5.74) is 0.696. The van der Waals surface area contributed by atoms with Crippen molar-refractivity contribution in [2.45, 2.75) is 13.5 Å². The molecule has 2 heterocycles. The second-order valence-electron chi connectivity index (χ2n) is 5.87. The van der Waals surface area contributed by atoms with Crippen LogP contribution in [-0.4, -0.2) is 42.8 Å². The minimum atomic E-state index is -0.630. The number of amides is 2. The molecule has 0 aliphatic carbocycles. The number of imide groups is 1. The molecular weight excluding hydrogens is 398 g/mol. The second-order valence-corrected chi connectivity index (χ2v) is 6.86. The van der Waals surface area contributed by atoms with Crippen LogP contribution in [0.3, 0.4) is 0 Å². The molecule has 0 N–H and O–H groups in total. The van der Waals surface area contributed by atoms with Gasteiger partial charge in [0.15, 0.2) is 11.5 Å². The van der Waals surface area contributed by atoms with E-state index in [9.17, 15) is 14.4 Å². The molecule has 1 aliphatic heterocycles. The molecule has 2 aromatic rings. The lowest BCUT2D eigenvalue weighted by Crippen LogP contribution is -2.27. The molecule has 1 aliphatic rings. The van der Waals surface area contributed by atoms with Gasteiger partial charge in [-0.3, -0.25) is 14.5 Å². The van der Waals surface area contributed by atoms with Crippen molar-refractivity contribution in [1.29, 1.82) is 0 Å². The van der Waals surface area contributed by atoms with E-state index in [1.807, 2.05) is 6.92 Å². The molecule has 0 bridgehead atoms. The molecule has 9 heteroatoms. The standard InChI is InChI=1S/C20H19NO7S/c1-4-27-14-7-5-12(9-16(14)25-2)10-17-18(22)21(20(24)29-17)11-13-6-8-15(28-13)19(23)26-3/h5-10H,4,11H2,1-3H3/b17-10+. The molecule has 0 unspecified atom stereocenters. The Balaban J connectivity index is 1.78. The van der Waals surface area contributed by atoms with Crippen LogP contribution in [0.4, 0.5) is 4.79 Å². The largest absolute Gasteiger partial charge is 0.493 e. The lowest BCUT2D eigenvalue weighted by molar-refractivity contribution is -0.123. The molecule has 0 atom stereocenters. The summed E-state index contributed by atoms with van der Waals surface area (Å²) in [6.45, 7) is 2.29. The van der Waals surface area contributed by atoms with E-state index in [0.29, 0.717) is 29.4 Å². The van der Waals surface area contributed by atoms with Gasteiger partial charge in [-0.2, -0.15) is 0 Å². The minimum absolute atomic E-state index is 0.00602. The summed E-state index contributed by atoms with van der Waals surface area (Å²) in [5, 5.41) is -0.421. The van der Waals surface area contributed by atoms with Crippen LogP contribution in [0.1, 0.15) is 28.8 Å². The van der Waals surface area contributed by atoms with Gasteiger partial charge in [0.05, 0.1) is 32.3 Å². The van der Waals surface area contributed by atoms with Crippen LogP contribution >= 0.6 is 11.8 Å². The van der Waals surface area contributed by atoms with Crippen molar-refractivity contribution < 1.29 is 33.0 Å². The third-order valence-corrected chi connectivity index (χ3v) is 4.93. The highest BCUT2D eigenvalue weighted by Gasteiger charge is 2.35. The Morgan fingerprint density at radius 1 is 1.17 bits per heavy atom.